The summed E-state index contributed by atoms with van der Waals surface area (Å²) in [5, 5.41) is 2.61. The maximum Gasteiger partial charge on any atom is 0.387 e. The quantitative estimate of drug-likeness (QED) is 0.482. The number of amides is 1. The van der Waals surface area contributed by atoms with Crippen LogP contribution in [0.3, 0.4) is 0 Å². The van der Waals surface area contributed by atoms with Gasteiger partial charge < -0.3 is 14.4 Å². The molecule has 0 unspecified atom stereocenters. The maximum atomic E-state index is 12.5. The molecule has 3 aromatic rings. The van der Waals surface area contributed by atoms with E-state index in [1.807, 2.05) is 30.4 Å². The van der Waals surface area contributed by atoms with Gasteiger partial charge in [-0.05, 0) is 67.4 Å². The van der Waals surface area contributed by atoms with E-state index in [0.717, 1.165) is 10.6 Å². The van der Waals surface area contributed by atoms with Gasteiger partial charge in [-0.1, -0.05) is 29.8 Å². The number of benzene rings is 3. The van der Waals surface area contributed by atoms with Crippen LogP contribution in [-0.2, 0) is 0 Å². The summed E-state index contributed by atoms with van der Waals surface area (Å²) in [5.41, 5.74) is 2.73. The molecule has 0 aliphatic rings. The molecule has 1 N–H and O–H groups in total. The van der Waals surface area contributed by atoms with Gasteiger partial charge in [0.15, 0.2) is 0 Å². The fraction of sp³-hybridized carbons (Fsp3) is 0.136. The summed E-state index contributed by atoms with van der Waals surface area (Å²) in [6, 6.07) is 21.3. The van der Waals surface area contributed by atoms with Crippen LogP contribution in [0.2, 0.25) is 0 Å². The van der Waals surface area contributed by atoms with E-state index in [4.69, 9.17) is 0 Å². The van der Waals surface area contributed by atoms with Crippen LogP contribution >= 0.6 is 11.9 Å². The minimum atomic E-state index is -2.96. The van der Waals surface area contributed by atoms with E-state index in [1.165, 1.54) is 17.7 Å². The molecule has 0 spiro atoms. The Morgan fingerprint density at radius 2 is 1.66 bits per heavy atom. The standard InChI is InChI=1S/C22H20F2N2O2S/c1-15-7-13-18(14-8-15)29-26(2)17-11-9-16(10-12-17)21(27)25-19-5-3-4-6-20(19)28-22(23)24/h3-14,22H,1-2H3,(H,25,27). The first kappa shape index (κ1) is 20.7. The lowest BCUT2D eigenvalue weighted by Gasteiger charge is -2.18. The van der Waals surface area contributed by atoms with Crippen LogP contribution in [0.5, 0.6) is 5.75 Å². The molecule has 0 aromatic heterocycles. The summed E-state index contributed by atoms with van der Waals surface area (Å²) in [6.07, 6.45) is 0. The van der Waals surface area contributed by atoms with Crippen LogP contribution in [0.4, 0.5) is 20.2 Å². The second-order valence-corrected chi connectivity index (χ2v) is 7.48. The normalized spacial score (nSPS) is 10.7. The average molecular weight is 414 g/mol. The number of para-hydroxylation sites is 2. The molecule has 3 rings (SSSR count). The van der Waals surface area contributed by atoms with E-state index in [2.05, 4.69) is 34.3 Å². The largest absolute Gasteiger partial charge is 0.433 e. The first-order chi connectivity index (χ1) is 13.9. The lowest BCUT2D eigenvalue weighted by atomic mass is 10.2. The van der Waals surface area contributed by atoms with Gasteiger partial charge in [-0.25, -0.2) is 0 Å². The van der Waals surface area contributed by atoms with Crippen LogP contribution in [0.15, 0.2) is 77.7 Å². The highest BCUT2D eigenvalue weighted by Gasteiger charge is 2.13. The topological polar surface area (TPSA) is 41.6 Å². The molecule has 0 atom stereocenters. The van der Waals surface area contributed by atoms with E-state index < -0.39 is 12.5 Å². The number of nitrogens with one attached hydrogen (secondary N) is 1. The zero-order chi connectivity index (χ0) is 20.8. The number of hydrogen-bond donors (Lipinski definition) is 1. The van der Waals surface area contributed by atoms with E-state index in [9.17, 15) is 13.6 Å². The van der Waals surface area contributed by atoms with Crippen LogP contribution in [0.1, 0.15) is 15.9 Å². The second-order valence-electron chi connectivity index (χ2n) is 6.28. The van der Waals surface area contributed by atoms with E-state index in [-0.39, 0.29) is 11.4 Å². The van der Waals surface area contributed by atoms with Crippen molar-refractivity contribution in [2.24, 2.45) is 0 Å². The molecule has 1 amide bonds. The van der Waals surface area contributed by atoms with Gasteiger partial charge >= 0.3 is 6.61 Å². The lowest BCUT2D eigenvalue weighted by Crippen LogP contribution is -2.14. The molecule has 0 heterocycles. The molecule has 7 heteroatoms. The number of nitrogens with zero attached hydrogens (tertiary/aromatic N) is 1. The van der Waals surface area contributed by atoms with Crippen LogP contribution < -0.4 is 14.4 Å². The Hall–Kier alpha value is -3.06. The number of carbonyl (C=O) groups excluding carboxylic acids is 1. The molecule has 3 aromatic carbocycles. The number of hydrogen-bond acceptors (Lipinski definition) is 4. The highest BCUT2D eigenvalue weighted by Crippen LogP contribution is 2.29. The number of aryl methyl sites for hydroxylation is 1. The summed E-state index contributed by atoms with van der Waals surface area (Å²) >= 11 is 1.58. The average Bonchev–Trinajstić information content (AvgIpc) is 2.71. The van der Waals surface area contributed by atoms with Crippen LogP contribution in [0.25, 0.3) is 0 Å². The third-order valence-corrected chi connectivity index (χ3v) is 5.08. The van der Waals surface area contributed by atoms with Crippen molar-refractivity contribution in [2.75, 3.05) is 16.7 Å². The molecular weight excluding hydrogens is 394 g/mol. The Bertz CT molecular complexity index is 963. The summed E-state index contributed by atoms with van der Waals surface area (Å²) < 4.78 is 31.5. The van der Waals surface area contributed by atoms with Gasteiger partial charge in [0.1, 0.15) is 5.75 Å². The minimum Gasteiger partial charge on any atom is -0.433 e. The van der Waals surface area contributed by atoms with Gasteiger partial charge in [-0.3, -0.25) is 4.79 Å². The molecule has 29 heavy (non-hydrogen) atoms. The molecule has 0 bridgehead atoms. The fourth-order valence-electron chi connectivity index (χ4n) is 2.60. The Balaban J connectivity index is 1.66. The van der Waals surface area contributed by atoms with E-state index >= 15 is 0 Å². The molecule has 4 nitrogen and oxygen atoms in total. The van der Waals surface area contributed by atoms with Gasteiger partial charge in [0, 0.05) is 23.2 Å². The fourth-order valence-corrected chi connectivity index (χ4v) is 3.40. The molecule has 0 fully saturated rings. The van der Waals surface area contributed by atoms with Crippen LogP contribution in [-0.4, -0.2) is 19.6 Å². The van der Waals surface area contributed by atoms with Crippen molar-refractivity contribution >= 4 is 29.2 Å². The van der Waals surface area contributed by atoms with Crippen molar-refractivity contribution in [2.45, 2.75) is 18.4 Å². The molecule has 0 aliphatic heterocycles. The molecule has 0 radical (unpaired) electrons. The van der Waals surface area contributed by atoms with Crippen molar-refractivity contribution in [1.82, 2.24) is 0 Å². The van der Waals surface area contributed by atoms with Gasteiger partial charge in [0.05, 0.1) is 5.69 Å². The smallest absolute Gasteiger partial charge is 0.387 e. The molecule has 0 saturated heterocycles. The monoisotopic (exact) mass is 414 g/mol. The molecular formula is C22H20F2N2O2S. The number of halogens is 2. The summed E-state index contributed by atoms with van der Waals surface area (Å²) in [7, 11) is 1.94. The summed E-state index contributed by atoms with van der Waals surface area (Å²) in [6.45, 7) is -0.922. The highest BCUT2D eigenvalue weighted by molar-refractivity contribution is 8.00. The highest BCUT2D eigenvalue weighted by atomic mass is 32.2. The maximum absolute atomic E-state index is 12.5. The number of ether oxygens (including phenoxy) is 1. The predicted molar refractivity (Wildman–Crippen MR) is 113 cm³/mol. The number of alkyl halides is 2. The van der Waals surface area contributed by atoms with Crippen molar-refractivity contribution in [3.05, 3.63) is 83.9 Å². The third kappa shape index (κ3) is 5.71. The summed E-state index contributed by atoms with van der Waals surface area (Å²) in [5.74, 6) is -0.489. The van der Waals surface area contributed by atoms with Gasteiger partial charge in [-0.2, -0.15) is 8.78 Å². The SMILES string of the molecule is Cc1ccc(SN(C)c2ccc(C(=O)Nc3ccccc3OC(F)F)cc2)cc1. The molecule has 0 saturated carbocycles. The van der Waals surface area contributed by atoms with Gasteiger partial charge in [0.25, 0.3) is 5.91 Å². The van der Waals surface area contributed by atoms with Crippen LogP contribution in [0, 0.1) is 6.92 Å². The van der Waals surface area contributed by atoms with Crippen molar-refractivity contribution in [1.29, 1.82) is 0 Å². The Morgan fingerprint density at radius 3 is 2.31 bits per heavy atom. The summed E-state index contributed by atoms with van der Waals surface area (Å²) in [4.78, 5) is 13.6. The minimum absolute atomic E-state index is 0.0818. The Labute approximate surface area is 172 Å². The third-order valence-electron chi connectivity index (χ3n) is 4.11. The van der Waals surface area contributed by atoms with Gasteiger partial charge in [-0.15, -0.1) is 0 Å². The first-order valence-electron chi connectivity index (χ1n) is 8.86. The zero-order valence-electron chi connectivity index (χ0n) is 15.9. The van der Waals surface area contributed by atoms with Crippen molar-refractivity contribution in [3.63, 3.8) is 0 Å². The Morgan fingerprint density at radius 1 is 1.00 bits per heavy atom. The predicted octanol–water partition coefficient (Wildman–Crippen LogP) is 5.99. The van der Waals surface area contributed by atoms with Crippen molar-refractivity contribution < 1.29 is 18.3 Å². The number of anilines is 2. The first-order valence-corrected chi connectivity index (χ1v) is 9.63. The number of rotatable bonds is 7. The Kier molecular flexibility index (Phi) is 6.72. The van der Waals surface area contributed by atoms with Crippen molar-refractivity contribution in [3.8, 4) is 5.75 Å². The lowest BCUT2D eigenvalue weighted by molar-refractivity contribution is -0.0493. The van der Waals surface area contributed by atoms with Gasteiger partial charge in [0.2, 0.25) is 0 Å². The number of carbonyl (C=O) groups is 1. The molecule has 0 aliphatic carbocycles. The zero-order valence-corrected chi connectivity index (χ0v) is 16.7. The van der Waals surface area contributed by atoms with E-state index in [0.29, 0.717) is 5.56 Å². The van der Waals surface area contributed by atoms with E-state index in [1.54, 1.807) is 36.2 Å². The second kappa shape index (κ2) is 9.43. The molecule has 150 valence electrons.